The van der Waals surface area contributed by atoms with Crippen LogP contribution < -0.4 is 8.79 Å². The molecule has 0 unspecified atom stereocenters. The first kappa shape index (κ1) is 18.4. The fourth-order valence-corrected chi connectivity index (χ4v) is 22.5. The zero-order valence-corrected chi connectivity index (χ0v) is 21.0. The average Bonchev–Trinajstić information content (AvgIpc) is 3.61. The molecule has 4 heterocycles. The van der Waals surface area contributed by atoms with Crippen LogP contribution in [0.3, 0.4) is 0 Å². The summed E-state index contributed by atoms with van der Waals surface area (Å²) in [5.74, 6) is 0. The third-order valence-corrected chi connectivity index (χ3v) is 20.6. The Morgan fingerprint density at radius 2 is 1.03 bits per heavy atom. The monoisotopic (exact) mass is 496 g/mol. The topological polar surface area (TPSA) is 0 Å². The van der Waals surface area contributed by atoms with Gasteiger partial charge >= 0.3 is 195 Å². The van der Waals surface area contributed by atoms with Gasteiger partial charge in [-0.1, -0.05) is 0 Å². The molecule has 7 rings (SSSR count). The van der Waals surface area contributed by atoms with Gasteiger partial charge in [0.15, 0.2) is 0 Å². The van der Waals surface area contributed by atoms with Crippen LogP contribution in [-0.2, 0) is 0 Å². The summed E-state index contributed by atoms with van der Waals surface area (Å²) in [6.07, 6.45) is 5.14. The van der Waals surface area contributed by atoms with Gasteiger partial charge in [0, 0.05) is 0 Å². The van der Waals surface area contributed by atoms with Crippen molar-refractivity contribution in [1.82, 2.24) is 0 Å². The van der Waals surface area contributed by atoms with Gasteiger partial charge in [-0.05, 0) is 0 Å². The van der Waals surface area contributed by atoms with Crippen LogP contribution in [0, 0.1) is 0 Å². The Morgan fingerprint density at radius 3 is 1.48 bits per heavy atom. The zero-order chi connectivity index (χ0) is 20.4. The first-order valence-electron chi connectivity index (χ1n) is 11.2. The van der Waals surface area contributed by atoms with E-state index in [1.165, 1.54) is 46.6 Å². The first-order valence-corrected chi connectivity index (χ1v) is 17.1. The van der Waals surface area contributed by atoms with Gasteiger partial charge < -0.3 is 0 Å². The molecule has 2 aromatic carbocycles. The molecule has 0 radical (unpaired) electrons. The summed E-state index contributed by atoms with van der Waals surface area (Å²) >= 11 is 0.830. The predicted octanol–water partition coefficient (Wildman–Crippen LogP) is 6.93. The molecule has 1 saturated carbocycles. The fraction of sp³-hybridized carbons (Fsp3) is 0.143. The van der Waals surface area contributed by atoms with Gasteiger partial charge in [-0.2, -0.15) is 0 Å². The van der Waals surface area contributed by atoms with Crippen molar-refractivity contribution in [3.63, 3.8) is 0 Å². The molecule has 0 bridgehead atoms. The first-order chi connectivity index (χ1) is 15.4. The summed E-state index contributed by atoms with van der Waals surface area (Å²) in [6, 6.07) is 28.0. The van der Waals surface area contributed by atoms with Crippen molar-refractivity contribution in [3.8, 4) is 11.1 Å². The fourth-order valence-electron chi connectivity index (χ4n) is 6.32. The molecule has 1 spiro atoms. The Kier molecular flexibility index (Phi) is 4.12. The second kappa shape index (κ2) is 6.93. The van der Waals surface area contributed by atoms with Crippen LogP contribution >= 0.6 is 22.7 Å². The van der Waals surface area contributed by atoms with E-state index < -0.39 is 13.3 Å². The molecule has 0 amide bonds. The SMILES string of the molecule is c1csc([C]2=C3CCCCC3=[C](c3cccs3)[Ge]23[c]2ccccc2-c2cccc[c]23)c1. The van der Waals surface area contributed by atoms with Crippen LogP contribution in [0.15, 0.2) is 94.7 Å². The Bertz CT molecular complexity index is 1260. The Hall–Kier alpha value is -2.14. The summed E-state index contributed by atoms with van der Waals surface area (Å²) in [5, 5.41) is 4.55. The van der Waals surface area contributed by atoms with Crippen LogP contribution in [0.1, 0.15) is 35.4 Å². The molecule has 4 aromatic rings. The van der Waals surface area contributed by atoms with Crippen molar-refractivity contribution in [2.75, 3.05) is 0 Å². The molecule has 31 heavy (non-hydrogen) atoms. The normalized spacial score (nSPS) is 18.5. The van der Waals surface area contributed by atoms with Crippen molar-refractivity contribution in [3.05, 3.63) is 104 Å². The second-order valence-electron chi connectivity index (χ2n) is 8.71. The van der Waals surface area contributed by atoms with E-state index in [0.717, 1.165) is 0 Å². The quantitative estimate of drug-likeness (QED) is 0.265. The predicted molar refractivity (Wildman–Crippen MR) is 138 cm³/mol. The third-order valence-electron chi connectivity index (χ3n) is 7.31. The van der Waals surface area contributed by atoms with Gasteiger partial charge in [0.2, 0.25) is 0 Å². The Labute approximate surface area is 194 Å². The van der Waals surface area contributed by atoms with Crippen LogP contribution in [0.25, 0.3) is 19.9 Å². The zero-order valence-electron chi connectivity index (χ0n) is 17.2. The van der Waals surface area contributed by atoms with Gasteiger partial charge in [0.05, 0.1) is 0 Å². The molecular weight excluding hydrogens is 473 g/mol. The molecule has 1 fully saturated rings. The van der Waals surface area contributed by atoms with Crippen molar-refractivity contribution in [1.29, 1.82) is 0 Å². The number of fused-ring (bicyclic) bond motifs is 6. The van der Waals surface area contributed by atoms with Crippen molar-refractivity contribution < 1.29 is 0 Å². The van der Waals surface area contributed by atoms with E-state index >= 15 is 0 Å². The molecule has 2 aliphatic heterocycles. The third kappa shape index (κ3) is 2.36. The minimum absolute atomic E-state index is 1.24. The van der Waals surface area contributed by atoms with Gasteiger partial charge in [0.1, 0.15) is 0 Å². The van der Waals surface area contributed by atoms with Gasteiger partial charge in [-0.15, -0.1) is 0 Å². The average molecular weight is 495 g/mol. The van der Waals surface area contributed by atoms with Crippen LogP contribution in [0.5, 0.6) is 0 Å². The van der Waals surface area contributed by atoms with Gasteiger partial charge in [-0.3, -0.25) is 0 Å². The molecule has 150 valence electrons. The number of allylic oxidation sites excluding steroid dienone is 2. The molecular formula is C28H22GeS2. The maximum absolute atomic E-state index is 3.07. The van der Waals surface area contributed by atoms with E-state index in [2.05, 4.69) is 83.6 Å². The summed E-state index contributed by atoms with van der Waals surface area (Å²) in [5.41, 5.74) is 6.40. The van der Waals surface area contributed by atoms with Crippen LogP contribution in [-0.4, -0.2) is 13.3 Å². The summed E-state index contributed by atoms with van der Waals surface area (Å²) in [4.78, 5) is 3.04. The molecule has 2 aromatic heterocycles. The molecule has 0 nitrogen and oxygen atoms in total. The van der Waals surface area contributed by atoms with Gasteiger partial charge in [-0.25, -0.2) is 0 Å². The number of rotatable bonds is 2. The Morgan fingerprint density at radius 1 is 0.548 bits per heavy atom. The van der Waals surface area contributed by atoms with Gasteiger partial charge in [0.25, 0.3) is 0 Å². The van der Waals surface area contributed by atoms with E-state index in [9.17, 15) is 0 Å². The number of hydrogen-bond acceptors (Lipinski definition) is 2. The second-order valence-corrected chi connectivity index (χ2v) is 18.1. The summed E-state index contributed by atoms with van der Waals surface area (Å²) < 4.78 is 6.82. The molecule has 0 N–H and O–H groups in total. The van der Waals surface area contributed by atoms with E-state index in [-0.39, 0.29) is 0 Å². The van der Waals surface area contributed by atoms with E-state index in [1.54, 1.807) is 28.7 Å². The van der Waals surface area contributed by atoms with E-state index in [1.807, 2.05) is 22.7 Å². The van der Waals surface area contributed by atoms with Crippen molar-refractivity contribution in [2.24, 2.45) is 0 Å². The van der Waals surface area contributed by atoms with E-state index in [4.69, 9.17) is 0 Å². The minimum atomic E-state index is -3.07. The Balaban J connectivity index is 1.70. The summed E-state index contributed by atoms with van der Waals surface area (Å²) in [6.45, 7) is 0. The molecule has 3 aliphatic rings. The molecule has 0 atom stereocenters. The van der Waals surface area contributed by atoms with Crippen molar-refractivity contribution >= 4 is 53.5 Å². The molecule has 0 saturated heterocycles. The maximum atomic E-state index is 2.48. The number of thiophene rings is 2. The standard InChI is InChI=1S/C28H22GeS2/c1-2-12-22-21(11-1)27(25-15-7-17-30-25)29(28(22)26-16-8-18-31-26)23-13-5-3-9-19(23)20-10-4-6-14-24(20)29/h3-10,13-18H,1-2,11-12H2. The van der Waals surface area contributed by atoms with Crippen molar-refractivity contribution in [2.45, 2.75) is 25.7 Å². The molecule has 3 heteroatoms. The number of hydrogen-bond donors (Lipinski definition) is 0. The van der Waals surface area contributed by atoms with Crippen LogP contribution in [0.2, 0.25) is 0 Å². The molecule has 1 aliphatic carbocycles. The number of benzene rings is 2. The van der Waals surface area contributed by atoms with Crippen LogP contribution in [0.4, 0.5) is 0 Å². The van der Waals surface area contributed by atoms with E-state index in [0.29, 0.717) is 0 Å². The summed E-state index contributed by atoms with van der Waals surface area (Å²) in [7, 11) is 0.